The molecule has 16 heavy (non-hydrogen) atoms. The number of aliphatic hydroxyl groups is 1. The molecule has 0 bridgehead atoms. The van der Waals surface area contributed by atoms with Crippen molar-refractivity contribution in [2.24, 2.45) is 0 Å². The van der Waals surface area contributed by atoms with Gasteiger partial charge in [0.2, 0.25) is 0 Å². The Morgan fingerprint density at radius 3 is 2.69 bits per heavy atom. The van der Waals surface area contributed by atoms with Crippen LogP contribution in [0.3, 0.4) is 0 Å². The molecule has 1 N–H and O–H groups in total. The molecule has 0 aliphatic heterocycles. The van der Waals surface area contributed by atoms with Crippen molar-refractivity contribution in [3.8, 4) is 0 Å². The van der Waals surface area contributed by atoms with E-state index in [2.05, 4.69) is 0 Å². The van der Waals surface area contributed by atoms with E-state index in [0.29, 0.717) is 6.42 Å². The Bertz CT molecular complexity index is 432. The smallest absolute Gasteiger partial charge is 0.103 e. The molecule has 1 aromatic carbocycles. The first-order valence-corrected chi connectivity index (χ1v) is 5.53. The second kappa shape index (κ2) is 4.99. The van der Waals surface area contributed by atoms with E-state index in [4.69, 9.17) is 4.42 Å². The largest absolute Gasteiger partial charge is 0.469 e. The number of hydrogen-bond donors (Lipinski definition) is 1. The molecule has 2 rings (SSSR count). The molecule has 2 aromatic rings. The van der Waals surface area contributed by atoms with Gasteiger partial charge in [-0.2, -0.15) is 0 Å². The van der Waals surface area contributed by atoms with Gasteiger partial charge in [0.05, 0.1) is 12.4 Å². The summed E-state index contributed by atoms with van der Waals surface area (Å²) < 4.78 is 5.24. The number of aryl methyl sites for hydroxylation is 2. The molecule has 0 fully saturated rings. The lowest BCUT2D eigenvalue weighted by Gasteiger charge is -2.12. The summed E-state index contributed by atoms with van der Waals surface area (Å²) in [5.41, 5.74) is 2.14. The van der Waals surface area contributed by atoms with Crippen LogP contribution in [-0.4, -0.2) is 5.11 Å². The molecule has 1 atom stereocenters. The average Bonchev–Trinajstić information content (AvgIpc) is 2.79. The van der Waals surface area contributed by atoms with Gasteiger partial charge >= 0.3 is 0 Å². The van der Waals surface area contributed by atoms with Crippen molar-refractivity contribution in [3.05, 3.63) is 59.5 Å². The number of furan rings is 1. The summed E-state index contributed by atoms with van der Waals surface area (Å²) in [6.45, 7) is 2.02. The van der Waals surface area contributed by atoms with Crippen LogP contribution in [0.5, 0.6) is 0 Å². The molecular weight excluding hydrogens is 200 g/mol. The van der Waals surface area contributed by atoms with Gasteiger partial charge in [-0.05, 0) is 36.6 Å². The zero-order chi connectivity index (χ0) is 11.4. The standard InChI is InChI=1S/C14H16O2/c1-11-5-2-3-7-13(11)14(15)9-8-12-6-4-10-16-12/h2-7,10,14-15H,8-9H2,1H3. The fourth-order valence-corrected chi connectivity index (χ4v) is 1.85. The quantitative estimate of drug-likeness (QED) is 0.851. The van der Waals surface area contributed by atoms with E-state index >= 15 is 0 Å². The van der Waals surface area contributed by atoms with Crippen LogP contribution in [0.25, 0.3) is 0 Å². The first kappa shape index (κ1) is 11.0. The van der Waals surface area contributed by atoms with Gasteiger partial charge in [-0.25, -0.2) is 0 Å². The van der Waals surface area contributed by atoms with Crippen molar-refractivity contribution < 1.29 is 9.52 Å². The van der Waals surface area contributed by atoms with Gasteiger partial charge in [0.15, 0.2) is 0 Å². The number of benzene rings is 1. The molecule has 0 saturated carbocycles. The average molecular weight is 216 g/mol. The van der Waals surface area contributed by atoms with Gasteiger partial charge in [-0.1, -0.05) is 24.3 Å². The van der Waals surface area contributed by atoms with Gasteiger partial charge in [0.25, 0.3) is 0 Å². The van der Waals surface area contributed by atoms with E-state index in [1.807, 2.05) is 43.3 Å². The van der Waals surface area contributed by atoms with Crippen molar-refractivity contribution in [2.75, 3.05) is 0 Å². The van der Waals surface area contributed by atoms with Crippen LogP contribution >= 0.6 is 0 Å². The number of hydrogen-bond acceptors (Lipinski definition) is 2. The normalized spacial score (nSPS) is 12.6. The molecule has 0 radical (unpaired) electrons. The van der Waals surface area contributed by atoms with Crippen molar-refractivity contribution in [1.82, 2.24) is 0 Å². The first-order valence-electron chi connectivity index (χ1n) is 5.53. The van der Waals surface area contributed by atoms with Crippen LogP contribution in [-0.2, 0) is 6.42 Å². The second-order valence-electron chi connectivity index (χ2n) is 3.99. The SMILES string of the molecule is Cc1ccccc1C(O)CCc1ccco1. The summed E-state index contributed by atoms with van der Waals surface area (Å²) in [6.07, 6.45) is 2.71. The van der Waals surface area contributed by atoms with E-state index < -0.39 is 6.10 Å². The summed E-state index contributed by atoms with van der Waals surface area (Å²) in [6, 6.07) is 11.7. The molecule has 1 unspecified atom stereocenters. The van der Waals surface area contributed by atoms with Gasteiger partial charge < -0.3 is 9.52 Å². The number of rotatable bonds is 4. The Kier molecular flexibility index (Phi) is 3.42. The monoisotopic (exact) mass is 216 g/mol. The Hall–Kier alpha value is -1.54. The van der Waals surface area contributed by atoms with Crippen LogP contribution < -0.4 is 0 Å². The molecule has 1 aromatic heterocycles. The lowest BCUT2D eigenvalue weighted by Crippen LogP contribution is -2.01. The number of aliphatic hydroxyl groups excluding tert-OH is 1. The minimum Gasteiger partial charge on any atom is -0.469 e. The molecular formula is C14H16O2. The molecule has 2 heteroatoms. The van der Waals surface area contributed by atoms with E-state index in [1.165, 1.54) is 0 Å². The van der Waals surface area contributed by atoms with Gasteiger partial charge in [-0.15, -0.1) is 0 Å². The lowest BCUT2D eigenvalue weighted by molar-refractivity contribution is 0.165. The molecule has 1 heterocycles. The molecule has 84 valence electrons. The van der Waals surface area contributed by atoms with Crippen LogP contribution in [0.2, 0.25) is 0 Å². The zero-order valence-electron chi connectivity index (χ0n) is 9.39. The van der Waals surface area contributed by atoms with Crippen LogP contribution in [0.4, 0.5) is 0 Å². The minimum atomic E-state index is -0.411. The fourth-order valence-electron chi connectivity index (χ4n) is 1.85. The predicted octanol–water partition coefficient (Wildman–Crippen LogP) is 3.25. The maximum absolute atomic E-state index is 10.1. The Labute approximate surface area is 95.5 Å². The summed E-state index contributed by atoms with van der Waals surface area (Å²) in [5, 5.41) is 10.1. The van der Waals surface area contributed by atoms with Crippen molar-refractivity contribution >= 4 is 0 Å². The Morgan fingerprint density at radius 1 is 1.19 bits per heavy atom. The topological polar surface area (TPSA) is 33.4 Å². The zero-order valence-corrected chi connectivity index (χ0v) is 9.39. The van der Waals surface area contributed by atoms with Crippen molar-refractivity contribution in [3.63, 3.8) is 0 Å². The molecule has 0 amide bonds. The molecule has 0 saturated heterocycles. The third kappa shape index (κ3) is 2.52. The highest BCUT2D eigenvalue weighted by atomic mass is 16.3. The van der Waals surface area contributed by atoms with Gasteiger partial charge in [0, 0.05) is 6.42 Å². The molecule has 0 aliphatic carbocycles. The van der Waals surface area contributed by atoms with E-state index in [1.54, 1.807) is 6.26 Å². The van der Waals surface area contributed by atoms with Crippen LogP contribution in [0, 0.1) is 6.92 Å². The summed E-state index contributed by atoms with van der Waals surface area (Å²) in [5.74, 6) is 0.924. The summed E-state index contributed by atoms with van der Waals surface area (Å²) in [7, 11) is 0. The first-order chi connectivity index (χ1) is 7.77. The van der Waals surface area contributed by atoms with Crippen LogP contribution in [0.15, 0.2) is 47.1 Å². The third-order valence-corrected chi connectivity index (χ3v) is 2.79. The third-order valence-electron chi connectivity index (χ3n) is 2.79. The van der Waals surface area contributed by atoms with E-state index in [-0.39, 0.29) is 0 Å². The van der Waals surface area contributed by atoms with E-state index in [0.717, 1.165) is 23.3 Å². The van der Waals surface area contributed by atoms with E-state index in [9.17, 15) is 5.11 Å². The fraction of sp³-hybridized carbons (Fsp3) is 0.286. The second-order valence-corrected chi connectivity index (χ2v) is 3.99. The Morgan fingerprint density at radius 2 is 2.00 bits per heavy atom. The Balaban J connectivity index is 1.98. The van der Waals surface area contributed by atoms with Crippen LogP contribution in [0.1, 0.15) is 29.4 Å². The van der Waals surface area contributed by atoms with Crippen molar-refractivity contribution in [1.29, 1.82) is 0 Å². The van der Waals surface area contributed by atoms with Crippen molar-refractivity contribution in [2.45, 2.75) is 25.9 Å². The maximum Gasteiger partial charge on any atom is 0.103 e. The molecule has 0 aliphatic rings. The lowest BCUT2D eigenvalue weighted by atomic mass is 10.00. The summed E-state index contributed by atoms with van der Waals surface area (Å²) in [4.78, 5) is 0. The van der Waals surface area contributed by atoms with Gasteiger partial charge in [0.1, 0.15) is 5.76 Å². The molecule has 2 nitrogen and oxygen atoms in total. The summed E-state index contributed by atoms with van der Waals surface area (Å²) >= 11 is 0. The molecule has 0 spiro atoms. The van der Waals surface area contributed by atoms with Gasteiger partial charge in [-0.3, -0.25) is 0 Å². The highest BCUT2D eigenvalue weighted by molar-refractivity contribution is 5.27. The predicted molar refractivity (Wildman–Crippen MR) is 63.2 cm³/mol. The highest BCUT2D eigenvalue weighted by Crippen LogP contribution is 2.22. The highest BCUT2D eigenvalue weighted by Gasteiger charge is 2.10. The minimum absolute atomic E-state index is 0.411. The maximum atomic E-state index is 10.1.